The van der Waals surface area contributed by atoms with E-state index in [2.05, 4.69) is 10.3 Å². The first-order chi connectivity index (χ1) is 8.68. The summed E-state index contributed by atoms with van der Waals surface area (Å²) in [5.74, 6) is -0.215. The normalized spacial score (nSPS) is 20.3. The van der Waals surface area contributed by atoms with Crippen LogP contribution in [0.5, 0.6) is 0 Å². The predicted octanol–water partition coefficient (Wildman–Crippen LogP) is 0.361. The van der Waals surface area contributed by atoms with Gasteiger partial charge in [0.2, 0.25) is 11.8 Å². The lowest BCUT2D eigenvalue weighted by Crippen LogP contribution is -2.51. The monoisotopic (exact) mass is 247 g/mol. The highest BCUT2D eigenvalue weighted by atomic mass is 16.2. The number of carbonyl (C=O) groups is 2. The summed E-state index contributed by atoms with van der Waals surface area (Å²) in [5.41, 5.74) is 1.19. The number of likely N-dealkylation sites (N-methyl/N-ethyl adjacent to an activating group) is 1. The molecular formula is C13H17N3O2. The molecule has 18 heavy (non-hydrogen) atoms. The van der Waals surface area contributed by atoms with E-state index in [0.717, 1.165) is 13.0 Å². The Morgan fingerprint density at radius 2 is 2.11 bits per heavy atom. The maximum atomic E-state index is 11.8. The Hall–Kier alpha value is -1.75. The number of nitrogens with one attached hydrogen (secondary N) is 1. The number of aromatic nitrogens is 1. The third kappa shape index (κ3) is 2.92. The van der Waals surface area contributed by atoms with Gasteiger partial charge in [0.05, 0.1) is 6.04 Å². The Balaban J connectivity index is 1.80. The van der Waals surface area contributed by atoms with Crippen LogP contribution in [0.1, 0.15) is 18.4 Å². The summed E-state index contributed by atoms with van der Waals surface area (Å²) in [5, 5.41) is 3.21. The van der Waals surface area contributed by atoms with Crippen LogP contribution in [0.15, 0.2) is 24.5 Å². The molecule has 1 atom stereocenters. The minimum atomic E-state index is -0.227. The van der Waals surface area contributed by atoms with Gasteiger partial charge in [-0.1, -0.05) is 0 Å². The lowest BCUT2D eigenvalue weighted by Gasteiger charge is -2.28. The molecular weight excluding hydrogens is 230 g/mol. The van der Waals surface area contributed by atoms with Crippen molar-refractivity contribution in [3.8, 4) is 0 Å². The van der Waals surface area contributed by atoms with Gasteiger partial charge in [-0.05, 0) is 37.1 Å². The predicted molar refractivity (Wildman–Crippen MR) is 66.7 cm³/mol. The summed E-state index contributed by atoms with van der Waals surface area (Å²) >= 11 is 0. The summed E-state index contributed by atoms with van der Waals surface area (Å²) in [4.78, 5) is 28.3. The molecule has 1 aromatic heterocycles. The minimum absolute atomic E-state index is 0.0906. The van der Waals surface area contributed by atoms with Crippen molar-refractivity contribution in [1.29, 1.82) is 0 Å². The van der Waals surface area contributed by atoms with E-state index in [1.165, 1.54) is 10.5 Å². The molecule has 2 amide bonds. The number of hydrogen-bond acceptors (Lipinski definition) is 4. The SMILES string of the molecule is CN1C(=O)CCC(NCCc2ccncc2)C1=O. The second-order valence-electron chi connectivity index (χ2n) is 4.44. The van der Waals surface area contributed by atoms with Crippen LogP contribution in [-0.2, 0) is 16.0 Å². The van der Waals surface area contributed by atoms with Crippen molar-refractivity contribution in [2.45, 2.75) is 25.3 Å². The number of likely N-dealkylation sites (tertiary alicyclic amines) is 1. The molecule has 0 spiro atoms. The quantitative estimate of drug-likeness (QED) is 0.780. The van der Waals surface area contributed by atoms with E-state index >= 15 is 0 Å². The highest BCUT2D eigenvalue weighted by Gasteiger charge is 2.30. The zero-order valence-electron chi connectivity index (χ0n) is 10.4. The number of amides is 2. The number of hydrogen-bond donors (Lipinski definition) is 1. The average molecular weight is 247 g/mol. The first kappa shape index (κ1) is 12.7. The van der Waals surface area contributed by atoms with Gasteiger partial charge in [-0.15, -0.1) is 0 Å². The van der Waals surface area contributed by atoms with Gasteiger partial charge in [-0.3, -0.25) is 19.5 Å². The van der Waals surface area contributed by atoms with Crippen LogP contribution < -0.4 is 5.32 Å². The zero-order chi connectivity index (χ0) is 13.0. The van der Waals surface area contributed by atoms with Crippen LogP contribution in [-0.4, -0.2) is 41.3 Å². The van der Waals surface area contributed by atoms with E-state index in [0.29, 0.717) is 12.8 Å². The molecule has 1 N–H and O–H groups in total. The van der Waals surface area contributed by atoms with Crippen LogP contribution in [0.25, 0.3) is 0 Å². The topological polar surface area (TPSA) is 62.3 Å². The smallest absolute Gasteiger partial charge is 0.246 e. The number of nitrogens with zero attached hydrogens (tertiary/aromatic N) is 2. The van der Waals surface area contributed by atoms with E-state index in [1.54, 1.807) is 19.4 Å². The molecule has 5 nitrogen and oxygen atoms in total. The summed E-state index contributed by atoms with van der Waals surface area (Å²) in [6.07, 6.45) is 5.40. The molecule has 1 fully saturated rings. The molecule has 0 bridgehead atoms. The third-order valence-corrected chi connectivity index (χ3v) is 3.20. The number of imide groups is 1. The molecule has 0 aromatic carbocycles. The Bertz CT molecular complexity index is 433. The number of pyridine rings is 1. The van der Waals surface area contributed by atoms with Crippen molar-refractivity contribution in [1.82, 2.24) is 15.2 Å². The van der Waals surface area contributed by atoms with E-state index in [-0.39, 0.29) is 17.9 Å². The fraction of sp³-hybridized carbons (Fsp3) is 0.462. The first-order valence-electron chi connectivity index (χ1n) is 6.11. The molecule has 0 saturated carbocycles. The van der Waals surface area contributed by atoms with E-state index in [4.69, 9.17) is 0 Å². The highest BCUT2D eigenvalue weighted by Crippen LogP contribution is 2.11. The Kier molecular flexibility index (Phi) is 4.04. The molecule has 96 valence electrons. The zero-order valence-corrected chi connectivity index (χ0v) is 10.4. The second kappa shape index (κ2) is 5.73. The Morgan fingerprint density at radius 3 is 2.83 bits per heavy atom. The largest absolute Gasteiger partial charge is 0.306 e. The Labute approximate surface area is 106 Å². The van der Waals surface area contributed by atoms with E-state index < -0.39 is 0 Å². The van der Waals surface area contributed by atoms with Crippen LogP contribution >= 0.6 is 0 Å². The lowest BCUT2D eigenvalue weighted by atomic mass is 10.0. The van der Waals surface area contributed by atoms with Crippen LogP contribution in [0, 0.1) is 0 Å². The second-order valence-corrected chi connectivity index (χ2v) is 4.44. The fourth-order valence-electron chi connectivity index (χ4n) is 2.05. The molecule has 1 aromatic rings. The van der Waals surface area contributed by atoms with Crippen molar-refractivity contribution in [2.24, 2.45) is 0 Å². The van der Waals surface area contributed by atoms with Crippen molar-refractivity contribution in [3.05, 3.63) is 30.1 Å². The molecule has 2 heterocycles. The van der Waals surface area contributed by atoms with E-state index in [9.17, 15) is 9.59 Å². The maximum Gasteiger partial charge on any atom is 0.246 e. The molecule has 2 rings (SSSR count). The molecule has 0 radical (unpaired) electrons. The summed E-state index contributed by atoms with van der Waals surface area (Å²) in [6.45, 7) is 0.725. The summed E-state index contributed by atoms with van der Waals surface area (Å²) in [7, 11) is 1.54. The molecule has 5 heteroatoms. The van der Waals surface area contributed by atoms with Gasteiger partial charge in [0.15, 0.2) is 0 Å². The van der Waals surface area contributed by atoms with Crippen molar-refractivity contribution < 1.29 is 9.59 Å². The molecule has 1 saturated heterocycles. The van der Waals surface area contributed by atoms with Gasteiger partial charge in [-0.2, -0.15) is 0 Å². The van der Waals surface area contributed by atoms with Crippen LogP contribution in [0.3, 0.4) is 0 Å². The van der Waals surface area contributed by atoms with E-state index in [1.807, 2.05) is 12.1 Å². The Morgan fingerprint density at radius 1 is 1.39 bits per heavy atom. The molecule has 1 unspecified atom stereocenters. The van der Waals surface area contributed by atoms with Gasteiger partial charge in [0.25, 0.3) is 0 Å². The standard InChI is InChI=1S/C13H17N3O2/c1-16-12(17)3-2-11(13(16)18)15-9-6-10-4-7-14-8-5-10/h4-5,7-8,11,15H,2-3,6,9H2,1H3. The van der Waals surface area contributed by atoms with Crippen molar-refractivity contribution in [3.63, 3.8) is 0 Å². The van der Waals surface area contributed by atoms with Gasteiger partial charge in [-0.25, -0.2) is 0 Å². The highest BCUT2D eigenvalue weighted by molar-refractivity contribution is 6.00. The lowest BCUT2D eigenvalue weighted by molar-refractivity contribution is -0.148. The van der Waals surface area contributed by atoms with Gasteiger partial charge in [0.1, 0.15) is 0 Å². The number of carbonyl (C=O) groups excluding carboxylic acids is 2. The van der Waals surface area contributed by atoms with Crippen molar-refractivity contribution in [2.75, 3.05) is 13.6 Å². The third-order valence-electron chi connectivity index (χ3n) is 3.20. The minimum Gasteiger partial charge on any atom is -0.306 e. The fourth-order valence-corrected chi connectivity index (χ4v) is 2.05. The molecule has 1 aliphatic heterocycles. The average Bonchev–Trinajstić information content (AvgIpc) is 2.40. The first-order valence-corrected chi connectivity index (χ1v) is 6.11. The van der Waals surface area contributed by atoms with Gasteiger partial charge >= 0.3 is 0 Å². The number of rotatable bonds is 4. The summed E-state index contributed by atoms with van der Waals surface area (Å²) < 4.78 is 0. The van der Waals surface area contributed by atoms with Crippen LogP contribution in [0.4, 0.5) is 0 Å². The molecule has 1 aliphatic rings. The molecule has 0 aliphatic carbocycles. The van der Waals surface area contributed by atoms with Crippen molar-refractivity contribution >= 4 is 11.8 Å². The van der Waals surface area contributed by atoms with Crippen LogP contribution in [0.2, 0.25) is 0 Å². The summed E-state index contributed by atoms with van der Waals surface area (Å²) in [6, 6.07) is 3.69. The maximum absolute atomic E-state index is 11.8. The van der Waals surface area contributed by atoms with Gasteiger partial charge in [0, 0.05) is 25.9 Å². The number of piperidine rings is 1. The van der Waals surface area contributed by atoms with Gasteiger partial charge < -0.3 is 5.32 Å².